The van der Waals surface area contributed by atoms with Gasteiger partial charge in [-0.25, -0.2) is 4.98 Å². The van der Waals surface area contributed by atoms with Crippen LogP contribution in [0.5, 0.6) is 0 Å². The Balaban J connectivity index is 1.46. The maximum absolute atomic E-state index is 12.9. The van der Waals surface area contributed by atoms with Crippen LogP contribution >= 0.6 is 11.6 Å². The van der Waals surface area contributed by atoms with E-state index in [4.69, 9.17) is 16.0 Å². The highest BCUT2D eigenvalue weighted by Gasteiger charge is 2.29. The minimum atomic E-state index is -0.0199. The van der Waals surface area contributed by atoms with Crippen LogP contribution in [0.3, 0.4) is 0 Å². The molecule has 2 aromatic heterocycles. The fourth-order valence-corrected chi connectivity index (χ4v) is 3.88. The van der Waals surface area contributed by atoms with Crippen LogP contribution in [0.4, 0.5) is 0 Å². The molecule has 0 aliphatic carbocycles. The van der Waals surface area contributed by atoms with Gasteiger partial charge in [0.05, 0.1) is 12.1 Å². The number of hydrogen-bond donors (Lipinski definition) is 0. The summed E-state index contributed by atoms with van der Waals surface area (Å²) in [7, 11) is 0. The number of carbonyl (C=O) groups is 1. The minimum Gasteiger partial charge on any atom is -0.445 e. The number of carbonyl (C=O) groups excluding carboxylic acids is 1. The van der Waals surface area contributed by atoms with Crippen LogP contribution in [-0.2, 0) is 6.42 Å². The van der Waals surface area contributed by atoms with Gasteiger partial charge in [0.2, 0.25) is 0 Å². The normalized spacial score (nSPS) is 16.9. The van der Waals surface area contributed by atoms with Gasteiger partial charge in [-0.15, -0.1) is 0 Å². The molecule has 1 aromatic carbocycles. The third-order valence-corrected chi connectivity index (χ3v) is 5.34. The lowest BCUT2D eigenvalue weighted by molar-refractivity contribution is 0.0691. The van der Waals surface area contributed by atoms with Crippen molar-refractivity contribution in [1.82, 2.24) is 14.9 Å². The van der Waals surface area contributed by atoms with Gasteiger partial charge in [-0.05, 0) is 49.1 Å². The van der Waals surface area contributed by atoms with E-state index in [0.717, 1.165) is 36.3 Å². The Hall–Kier alpha value is -2.66. The number of oxazole rings is 1. The number of aromatic nitrogens is 2. The van der Waals surface area contributed by atoms with Crippen molar-refractivity contribution in [2.24, 2.45) is 0 Å². The third kappa shape index (κ3) is 4.09. The molecule has 6 heteroatoms. The van der Waals surface area contributed by atoms with E-state index in [2.05, 4.69) is 9.97 Å². The summed E-state index contributed by atoms with van der Waals surface area (Å²) in [4.78, 5) is 23.5. The SMILES string of the molecule is Cc1cccnc1C(=O)N1CCC[C@H](c2ncc(Cc3cccc(Cl)c3)o2)C1. The standard InChI is InChI=1S/C22H22ClN3O2/c1-15-5-3-9-24-20(15)22(27)26-10-4-7-17(14-26)21-25-13-19(28-21)12-16-6-2-8-18(23)11-16/h2-3,5-6,8-9,11,13,17H,4,7,10,12,14H2,1H3/t17-/m0/s1. The molecule has 0 bridgehead atoms. The molecule has 3 aromatic rings. The van der Waals surface area contributed by atoms with Crippen LogP contribution in [0, 0.1) is 6.92 Å². The molecule has 1 fully saturated rings. The summed E-state index contributed by atoms with van der Waals surface area (Å²) in [6, 6.07) is 11.5. The molecule has 0 spiro atoms. The Morgan fingerprint density at radius 2 is 2.18 bits per heavy atom. The molecule has 3 heterocycles. The molecule has 1 aliphatic rings. The minimum absolute atomic E-state index is 0.0199. The number of hydrogen-bond acceptors (Lipinski definition) is 4. The summed E-state index contributed by atoms with van der Waals surface area (Å²) in [6.45, 7) is 3.26. The van der Waals surface area contributed by atoms with Crippen LogP contribution in [0.1, 0.15) is 52.0 Å². The number of benzene rings is 1. The predicted octanol–water partition coefficient (Wildman–Crippen LogP) is 4.64. The first-order chi connectivity index (χ1) is 13.6. The highest BCUT2D eigenvalue weighted by Crippen LogP contribution is 2.28. The summed E-state index contributed by atoms with van der Waals surface area (Å²) < 4.78 is 6.02. The van der Waals surface area contributed by atoms with Crippen LogP contribution in [0.15, 0.2) is 53.2 Å². The first-order valence-corrected chi connectivity index (χ1v) is 9.88. The number of piperidine rings is 1. The molecule has 5 nitrogen and oxygen atoms in total. The van der Waals surface area contributed by atoms with Crippen molar-refractivity contribution in [3.05, 3.63) is 82.3 Å². The van der Waals surface area contributed by atoms with Crippen molar-refractivity contribution in [3.8, 4) is 0 Å². The summed E-state index contributed by atoms with van der Waals surface area (Å²) >= 11 is 6.06. The van der Waals surface area contributed by atoms with E-state index in [-0.39, 0.29) is 11.8 Å². The van der Waals surface area contributed by atoms with Gasteiger partial charge in [-0.1, -0.05) is 29.8 Å². The highest BCUT2D eigenvalue weighted by atomic mass is 35.5. The molecule has 0 N–H and O–H groups in total. The van der Waals surface area contributed by atoms with Crippen LogP contribution < -0.4 is 0 Å². The predicted molar refractivity (Wildman–Crippen MR) is 108 cm³/mol. The summed E-state index contributed by atoms with van der Waals surface area (Å²) in [5.74, 6) is 1.59. The fraction of sp³-hybridized carbons (Fsp3) is 0.318. The molecule has 28 heavy (non-hydrogen) atoms. The van der Waals surface area contributed by atoms with Gasteiger partial charge in [-0.3, -0.25) is 9.78 Å². The van der Waals surface area contributed by atoms with E-state index in [1.54, 1.807) is 12.4 Å². The molecule has 1 atom stereocenters. The topological polar surface area (TPSA) is 59.2 Å². The number of pyridine rings is 1. The average molecular weight is 396 g/mol. The average Bonchev–Trinajstić information content (AvgIpc) is 3.16. The number of rotatable bonds is 4. The summed E-state index contributed by atoms with van der Waals surface area (Å²) in [6.07, 6.45) is 5.98. The van der Waals surface area contributed by atoms with E-state index < -0.39 is 0 Å². The molecular formula is C22H22ClN3O2. The Kier molecular flexibility index (Phi) is 5.44. The largest absolute Gasteiger partial charge is 0.445 e. The Morgan fingerprint density at radius 3 is 3.00 bits per heavy atom. The first kappa shape index (κ1) is 18.7. The summed E-state index contributed by atoms with van der Waals surface area (Å²) in [5, 5.41) is 0.712. The zero-order chi connectivity index (χ0) is 19.5. The third-order valence-electron chi connectivity index (χ3n) is 5.11. The smallest absolute Gasteiger partial charge is 0.272 e. The molecule has 0 radical (unpaired) electrons. The molecule has 1 aliphatic heterocycles. The van der Waals surface area contributed by atoms with Crippen LogP contribution in [0.2, 0.25) is 5.02 Å². The monoisotopic (exact) mass is 395 g/mol. The van der Waals surface area contributed by atoms with Gasteiger partial charge < -0.3 is 9.32 Å². The second-order valence-corrected chi connectivity index (χ2v) is 7.67. The number of amides is 1. The van der Waals surface area contributed by atoms with E-state index in [1.807, 2.05) is 48.2 Å². The zero-order valence-electron chi connectivity index (χ0n) is 15.8. The Bertz CT molecular complexity index is 985. The van der Waals surface area contributed by atoms with Crippen molar-refractivity contribution >= 4 is 17.5 Å². The van der Waals surface area contributed by atoms with Gasteiger partial charge >= 0.3 is 0 Å². The zero-order valence-corrected chi connectivity index (χ0v) is 16.5. The second kappa shape index (κ2) is 8.15. The highest BCUT2D eigenvalue weighted by molar-refractivity contribution is 6.30. The lowest BCUT2D eigenvalue weighted by Gasteiger charge is -2.31. The number of aryl methyl sites for hydroxylation is 1. The van der Waals surface area contributed by atoms with Gasteiger partial charge in [0.1, 0.15) is 11.5 Å². The van der Waals surface area contributed by atoms with Crippen molar-refractivity contribution in [1.29, 1.82) is 0 Å². The van der Waals surface area contributed by atoms with Gasteiger partial charge in [0.15, 0.2) is 5.89 Å². The van der Waals surface area contributed by atoms with E-state index >= 15 is 0 Å². The first-order valence-electron chi connectivity index (χ1n) is 9.50. The lowest BCUT2D eigenvalue weighted by Crippen LogP contribution is -2.39. The quantitative estimate of drug-likeness (QED) is 0.645. The Morgan fingerprint density at radius 1 is 1.29 bits per heavy atom. The number of likely N-dealkylation sites (tertiary alicyclic amines) is 1. The van der Waals surface area contributed by atoms with Gasteiger partial charge in [0, 0.05) is 30.7 Å². The van der Waals surface area contributed by atoms with Crippen molar-refractivity contribution in [2.75, 3.05) is 13.1 Å². The molecule has 144 valence electrons. The maximum atomic E-state index is 12.9. The van der Waals surface area contributed by atoms with E-state index in [0.29, 0.717) is 29.6 Å². The van der Waals surface area contributed by atoms with Crippen LogP contribution in [-0.4, -0.2) is 33.9 Å². The second-order valence-electron chi connectivity index (χ2n) is 7.23. The maximum Gasteiger partial charge on any atom is 0.272 e. The lowest BCUT2D eigenvalue weighted by atomic mass is 9.97. The van der Waals surface area contributed by atoms with E-state index in [9.17, 15) is 4.79 Å². The molecule has 1 saturated heterocycles. The Labute approximate surface area is 169 Å². The number of halogens is 1. The van der Waals surface area contributed by atoms with E-state index in [1.165, 1.54) is 0 Å². The summed E-state index contributed by atoms with van der Waals surface area (Å²) in [5.41, 5.74) is 2.51. The molecule has 0 unspecified atom stereocenters. The van der Waals surface area contributed by atoms with Crippen LogP contribution in [0.25, 0.3) is 0 Å². The van der Waals surface area contributed by atoms with Gasteiger partial charge in [-0.2, -0.15) is 0 Å². The van der Waals surface area contributed by atoms with Crippen molar-refractivity contribution in [2.45, 2.75) is 32.1 Å². The number of nitrogens with zero attached hydrogens (tertiary/aromatic N) is 3. The molecule has 1 amide bonds. The van der Waals surface area contributed by atoms with Crippen molar-refractivity contribution in [3.63, 3.8) is 0 Å². The molecule has 0 saturated carbocycles. The molecular weight excluding hydrogens is 374 g/mol. The fourth-order valence-electron chi connectivity index (χ4n) is 3.66. The van der Waals surface area contributed by atoms with Crippen molar-refractivity contribution < 1.29 is 9.21 Å². The van der Waals surface area contributed by atoms with Gasteiger partial charge in [0.25, 0.3) is 5.91 Å². The molecule has 4 rings (SSSR count).